The second-order valence-corrected chi connectivity index (χ2v) is 6.02. The molecule has 1 N–H and O–H groups in total. The van der Waals surface area contributed by atoms with Crippen molar-refractivity contribution in [2.24, 2.45) is 0 Å². The second-order valence-electron chi connectivity index (χ2n) is 6.02. The van der Waals surface area contributed by atoms with Crippen LogP contribution in [0.3, 0.4) is 0 Å². The van der Waals surface area contributed by atoms with Crippen LogP contribution in [0.1, 0.15) is 30.7 Å². The average Bonchev–Trinajstić information content (AvgIpc) is 3.02. The van der Waals surface area contributed by atoms with Crippen LogP contribution in [0.4, 0.5) is 0 Å². The van der Waals surface area contributed by atoms with E-state index in [1.165, 1.54) is 11.1 Å². The van der Waals surface area contributed by atoms with E-state index in [-0.39, 0.29) is 6.10 Å². The van der Waals surface area contributed by atoms with Gasteiger partial charge in [-0.15, -0.1) is 5.10 Å². The number of fused-ring (bicyclic) bond motifs is 1. The topological polar surface area (TPSA) is 52.0 Å². The number of rotatable bonds is 5. The number of benzene rings is 1. The Morgan fingerprint density at radius 3 is 3.10 bits per heavy atom. The van der Waals surface area contributed by atoms with E-state index in [1.54, 1.807) is 0 Å². The maximum absolute atomic E-state index is 5.97. The first-order valence-electron chi connectivity index (χ1n) is 7.49. The van der Waals surface area contributed by atoms with Crippen molar-refractivity contribution in [3.8, 4) is 5.75 Å². The standard InChI is InChI=1S/C16H22N4O/c1-11(2)17-8-14-9-20(19-18-14)10-15-7-13-6-12(3)4-5-16(13)21-15/h4-6,9,11,15,17H,7-8,10H2,1-3H3. The summed E-state index contributed by atoms with van der Waals surface area (Å²) in [4.78, 5) is 0. The highest BCUT2D eigenvalue weighted by Gasteiger charge is 2.23. The lowest BCUT2D eigenvalue weighted by Gasteiger charge is -2.09. The predicted octanol–water partition coefficient (Wildman–Crippen LogP) is 2.09. The second kappa shape index (κ2) is 5.85. The van der Waals surface area contributed by atoms with Gasteiger partial charge in [0.1, 0.15) is 11.9 Å². The minimum Gasteiger partial charge on any atom is -0.488 e. The molecule has 5 heteroatoms. The van der Waals surface area contributed by atoms with Gasteiger partial charge in [-0.3, -0.25) is 0 Å². The largest absolute Gasteiger partial charge is 0.488 e. The molecule has 1 aliphatic heterocycles. The third-order valence-corrected chi connectivity index (χ3v) is 3.63. The highest BCUT2D eigenvalue weighted by Crippen LogP contribution is 2.29. The molecule has 5 nitrogen and oxygen atoms in total. The molecule has 1 unspecified atom stereocenters. The Morgan fingerprint density at radius 1 is 1.43 bits per heavy atom. The molecule has 1 aromatic heterocycles. The zero-order valence-electron chi connectivity index (χ0n) is 12.8. The number of nitrogens with one attached hydrogen (secondary N) is 1. The van der Waals surface area contributed by atoms with Gasteiger partial charge in [0.15, 0.2) is 0 Å². The number of hydrogen-bond donors (Lipinski definition) is 1. The van der Waals surface area contributed by atoms with Crippen LogP contribution in [0.15, 0.2) is 24.4 Å². The molecule has 0 amide bonds. The van der Waals surface area contributed by atoms with Crippen molar-refractivity contribution in [1.82, 2.24) is 20.3 Å². The van der Waals surface area contributed by atoms with Gasteiger partial charge >= 0.3 is 0 Å². The molecule has 0 fully saturated rings. The van der Waals surface area contributed by atoms with Crippen LogP contribution in [0.25, 0.3) is 0 Å². The van der Waals surface area contributed by atoms with E-state index in [9.17, 15) is 0 Å². The van der Waals surface area contributed by atoms with Crippen LogP contribution >= 0.6 is 0 Å². The molecule has 2 heterocycles. The minimum absolute atomic E-state index is 0.148. The number of ether oxygens (including phenoxy) is 1. The molecule has 1 aliphatic rings. The van der Waals surface area contributed by atoms with Crippen molar-refractivity contribution in [3.63, 3.8) is 0 Å². The third kappa shape index (κ3) is 3.42. The van der Waals surface area contributed by atoms with Crippen molar-refractivity contribution in [2.75, 3.05) is 0 Å². The Kier molecular flexibility index (Phi) is 3.92. The Morgan fingerprint density at radius 2 is 2.29 bits per heavy atom. The zero-order chi connectivity index (χ0) is 14.8. The Bertz CT molecular complexity index is 620. The Hall–Kier alpha value is -1.88. The summed E-state index contributed by atoms with van der Waals surface area (Å²) in [5.41, 5.74) is 3.54. The monoisotopic (exact) mass is 286 g/mol. The maximum atomic E-state index is 5.97. The fraction of sp³-hybridized carbons (Fsp3) is 0.500. The van der Waals surface area contributed by atoms with Crippen LogP contribution < -0.4 is 10.1 Å². The minimum atomic E-state index is 0.148. The Balaban J connectivity index is 1.59. The summed E-state index contributed by atoms with van der Waals surface area (Å²) in [6.07, 6.45) is 3.08. The van der Waals surface area contributed by atoms with E-state index in [0.717, 1.165) is 31.0 Å². The van der Waals surface area contributed by atoms with Crippen molar-refractivity contribution in [1.29, 1.82) is 0 Å². The molecule has 1 aromatic carbocycles. The van der Waals surface area contributed by atoms with Gasteiger partial charge in [0.25, 0.3) is 0 Å². The summed E-state index contributed by atoms with van der Waals surface area (Å²) in [7, 11) is 0. The Labute approximate surface area is 125 Å². The van der Waals surface area contributed by atoms with Gasteiger partial charge in [-0.2, -0.15) is 0 Å². The normalized spacial score (nSPS) is 17.0. The fourth-order valence-electron chi connectivity index (χ4n) is 2.58. The van der Waals surface area contributed by atoms with E-state index < -0.39 is 0 Å². The molecular formula is C16H22N4O. The molecule has 0 saturated carbocycles. The van der Waals surface area contributed by atoms with Crippen molar-refractivity contribution in [2.45, 2.75) is 52.4 Å². The number of aryl methyl sites for hydroxylation is 1. The van der Waals surface area contributed by atoms with Crippen LogP contribution in [0.5, 0.6) is 5.75 Å². The summed E-state index contributed by atoms with van der Waals surface area (Å²) in [5.74, 6) is 1.01. The molecule has 0 bridgehead atoms. The molecular weight excluding hydrogens is 264 g/mol. The molecule has 21 heavy (non-hydrogen) atoms. The van der Waals surface area contributed by atoms with Gasteiger partial charge < -0.3 is 10.1 Å². The molecule has 0 spiro atoms. The highest BCUT2D eigenvalue weighted by atomic mass is 16.5. The van der Waals surface area contributed by atoms with Gasteiger partial charge in [0.2, 0.25) is 0 Å². The quantitative estimate of drug-likeness (QED) is 0.914. The molecule has 112 valence electrons. The number of hydrogen-bond acceptors (Lipinski definition) is 4. The van der Waals surface area contributed by atoms with E-state index >= 15 is 0 Å². The van der Waals surface area contributed by atoms with Gasteiger partial charge in [0.05, 0.1) is 12.2 Å². The summed E-state index contributed by atoms with van der Waals surface area (Å²) in [6.45, 7) is 7.84. The lowest BCUT2D eigenvalue weighted by Crippen LogP contribution is -2.22. The number of nitrogens with zero attached hydrogens (tertiary/aromatic N) is 3. The fourth-order valence-corrected chi connectivity index (χ4v) is 2.58. The van der Waals surface area contributed by atoms with Crippen molar-refractivity contribution >= 4 is 0 Å². The van der Waals surface area contributed by atoms with Crippen LogP contribution in [-0.2, 0) is 19.5 Å². The zero-order valence-corrected chi connectivity index (χ0v) is 12.8. The molecule has 0 saturated heterocycles. The first-order valence-corrected chi connectivity index (χ1v) is 7.49. The van der Waals surface area contributed by atoms with Crippen LogP contribution in [-0.4, -0.2) is 27.1 Å². The SMILES string of the molecule is Cc1ccc2c(c1)CC(Cn1cc(CNC(C)C)nn1)O2. The van der Waals surface area contributed by atoms with Crippen LogP contribution in [0.2, 0.25) is 0 Å². The van der Waals surface area contributed by atoms with Crippen molar-refractivity contribution < 1.29 is 4.74 Å². The molecule has 3 rings (SSSR count). The van der Waals surface area contributed by atoms with Gasteiger partial charge in [-0.05, 0) is 18.6 Å². The van der Waals surface area contributed by atoms with Crippen molar-refractivity contribution in [3.05, 3.63) is 41.2 Å². The number of aromatic nitrogens is 3. The molecule has 0 aliphatic carbocycles. The molecule has 1 atom stereocenters. The third-order valence-electron chi connectivity index (χ3n) is 3.63. The summed E-state index contributed by atoms with van der Waals surface area (Å²) in [5, 5.41) is 11.7. The van der Waals surface area contributed by atoms with Gasteiger partial charge in [0, 0.05) is 25.2 Å². The first kappa shape index (κ1) is 14.1. The molecule has 2 aromatic rings. The van der Waals surface area contributed by atoms with Gasteiger partial charge in [-0.25, -0.2) is 4.68 Å². The summed E-state index contributed by atoms with van der Waals surface area (Å²) < 4.78 is 7.84. The van der Waals surface area contributed by atoms with E-state index in [2.05, 4.69) is 54.6 Å². The summed E-state index contributed by atoms with van der Waals surface area (Å²) >= 11 is 0. The highest BCUT2D eigenvalue weighted by molar-refractivity contribution is 5.40. The lowest BCUT2D eigenvalue weighted by molar-refractivity contribution is 0.202. The van der Waals surface area contributed by atoms with E-state index in [0.29, 0.717) is 6.04 Å². The van der Waals surface area contributed by atoms with E-state index in [4.69, 9.17) is 4.74 Å². The summed E-state index contributed by atoms with van der Waals surface area (Å²) in [6, 6.07) is 6.80. The lowest BCUT2D eigenvalue weighted by atomic mass is 10.1. The van der Waals surface area contributed by atoms with Gasteiger partial charge in [-0.1, -0.05) is 36.8 Å². The maximum Gasteiger partial charge on any atom is 0.123 e. The average molecular weight is 286 g/mol. The van der Waals surface area contributed by atoms with E-state index in [1.807, 2.05) is 10.9 Å². The molecule has 0 radical (unpaired) electrons. The predicted molar refractivity (Wildman–Crippen MR) is 81.3 cm³/mol. The smallest absolute Gasteiger partial charge is 0.123 e. The first-order chi connectivity index (χ1) is 10.1. The van der Waals surface area contributed by atoms with Crippen LogP contribution in [0, 0.1) is 6.92 Å².